The summed E-state index contributed by atoms with van der Waals surface area (Å²) >= 11 is 0. The lowest BCUT2D eigenvalue weighted by Gasteiger charge is -2.14. The molecular formula is C10H13NO5S. The largest absolute Gasteiger partial charge is 0.454 e. The van der Waals surface area contributed by atoms with Crippen LogP contribution < -0.4 is 15.2 Å². The lowest BCUT2D eigenvalue weighted by atomic mass is 10.1. The van der Waals surface area contributed by atoms with Crippen LogP contribution in [0.3, 0.4) is 0 Å². The molecule has 2 rings (SSSR count). The average Bonchev–Trinajstić information content (AvgIpc) is 2.72. The zero-order valence-electron chi connectivity index (χ0n) is 9.21. The van der Waals surface area contributed by atoms with E-state index >= 15 is 0 Å². The van der Waals surface area contributed by atoms with Gasteiger partial charge in [0, 0.05) is 6.26 Å². The number of aliphatic hydroxyl groups is 1. The van der Waals surface area contributed by atoms with Crippen LogP contribution in [0, 0.1) is 0 Å². The highest BCUT2D eigenvalue weighted by atomic mass is 32.2. The van der Waals surface area contributed by atoms with Crippen molar-refractivity contribution in [1.29, 1.82) is 0 Å². The lowest BCUT2D eigenvalue weighted by molar-refractivity contribution is 0.172. The Hall–Kier alpha value is -1.31. The molecule has 0 bridgehead atoms. The molecule has 1 aromatic carbocycles. The maximum absolute atomic E-state index is 11.8. The Kier molecular flexibility index (Phi) is 2.98. The Labute approximate surface area is 98.9 Å². The Morgan fingerprint density at radius 1 is 1.47 bits per heavy atom. The van der Waals surface area contributed by atoms with Gasteiger partial charge in [-0.1, -0.05) is 6.07 Å². The van der Waals surface area contributed by atoms with Gasteiger partial charge in [0.2, 0.25) is 6.79 Å². The normalized spacial score (nSPS) is 15.9. The Morgan fingerprint density at radius 3 is 2.76 bits per heavy atom. The summed E-state index contributed by atoms with van der Waals surface area (Å²) in [4.78, 5) is -0.00551. The number of rotatable bonds is 3. The molecule has 7 heteroatoms. The predicted octanol–water partition coefficient (Wildman–Crippen LogP) is -0.189. The van der Waals surface area contributed by atoms with E-state index in [2.05, 4.69) is 0 Å². The van der Waals surface area contributed by atoms with Crippen molar-refractivity contribution in [3.63, 3.8) is 0 Å². The quantitative estimate of drug-likeness (QED) is 0.780. The minimum atomic E-state index is -3.51. The van der Waals surface area contributed by atoms with E-state index in [1.54, 1.807) is 6.07 Å². The van der Waals surface area contributed by atoms with Crippen LogP contribution >= 0.6 is 0 Å². The van der Waals surface area contributed by atoms with E-state index in [9.17, 15) is 8.42 Å². The van der Waals surface area contributed by atoms with E-state index < -0.39 is 15.9 Å². The number of benzene rings is 1. The van der Waals surface area contributed by atoms with Gasteiger partial charge in [-0.15, -0.1) is 0 Å². The number of ether oxygens (including phenoxy) is 2. The molecule has 0 aromatic heterocycles. The van der Waals surface area contributed by atoms with Crippen molar-refractivity contribution in [3.8, 4) is 11.5 Å². The summed E-state index contributed by atoms with van der Waals surface area (Å²) in [6.07, 6.45) is 1.07. The van der Waals surface area contributed by atoms with Crippen LogP contribution in [0.2, 0.25) is 0 Å². The first kappa shape index (κ1) is 12.2. The highest BCUT2D eigenvalue weighted by molar-refractivity contribution is 7.90. The number of nitrogens with two attached hydrogens (primary N) is 1. The van der Waals surface area contributed by atoms with Crippen LogP contribution in [0.15, 0.2) is 17.0 Å². The Morgan fingerprint density at radius 2 is 2.18 bits per heavy atom. The van der Waals surface area contributed by atoms with E-state index in [1.165, 1.54) is 6.07 Å². The molecule has 1 aliphatic heterocycles. The molecule has 94 valence electrons. The molecule has 17 heavy (non-hydrogen) atoms. The number of sulfone groups is 1. The second-order valence-corrected chi connectivity index (χ2v) is 5.73. The summed E-state index contributed by atoms with van der Waals surface area (Å²) in [6.45, 7) is -0.363. The minimum Gasteiger partial charge on any atom is -0.454 e. The van der Waals surface area contributed by atoms with Crippen molar-refractivity contribution >= 4 is 9.84 Å². The smallest absolute Gasteiger partial charge is 0.231 e. The van der Waals surface area contributed by atoms with Crippen molar-refractivity contribution in [3.05, 3.63) is 17.7 Å². The SMILES string of the molecule is CS(=O)(=O)c1c(C(N)CO)ccc2c1OCO2. The van der Waals surface area contributed by atoms with Crippen LogP contribution in [-0.2, 0) is 9.84 Å². The van der Waals surface area contributed by atoms with Crippen LogP contribution in [0.4, 0.5) is 0 Å². The zero-order chi connectivity index (χ0) is 12.6. The second-order valence-electron chi connectivity index (χ2n) is 3.78. The molecule has 1 atom stereocenters. The molecule has 0 spiro atoms. The van der Waals surface area contributed by atoms with Gasteiger partial charge in [0.05, 0.1) is 12.6 Å². The van der Waals surface area contributed by atoms with E-state index in [-0.39, 0.29) is 24.0 Å². The van der Waals surface area contributed by atoms with Gasteiger partial charge in [0.15, 0.2) is 21.3 Å². The molecule has 0 saturated carbocycles. The minimum absolute atomic E-state index is 0.00551. The fourth-order valence-corrected chi connectivity index (χ4v) is 2.88. The second kappa shape index (κ2) is 4.17. The van der Waals surface area contributed by atoms with Gasteiger partial charge < -0.3 is 20.3 Å². The summed E-state index contributed by atoms with van der Waals surface area (Å²) in [5.74, 6) is 0.549. The van der Waals surface area contributed by atoms with Gasteiger partial charge in [-0.2, -0.15) is 0 Å². The van der Waals surface area contributed by atoms with E-state index in [0.717, 1.165) is 6.26 Å². The van der Waals surface area contributed by atoms with Gasteiger partial charge in [-0.3, -0.25) is 0 Å². The summed E-state index contributed by atoms with van der Waals surface area (Å²) in [6, 6.07) is 2.35. The topological polar surface area (TPSA) is 98.9 Å². The van der Waals surface area contributed by atoms with Gasteiger partial charge >= 0.3 is 0 Å². The molecular weight excluding hydrogens is 246 g/mol. The molecule has 1 aliphatic rings. The highest BCUT2D eigenvalue weighted by Gasteiger charge is 2.29. The van der Waals surface area contributed by atoms with Crippen LogP contribution in [0.5, 0.6) is 11.5 Å². The van der Waals surface area contributed by atoms with Crippen molar-refractivity contribution in [1.82, 2.24) is 0 Å². The Balaban J connectivity index is 2.70. The summed E-state index contributed by atoms with van der Waals surface area (Å²) in [7, 11) is -3.51. The summed E-state index contributed by atoms with van der Waals surface area (Å²) in [5.41, 5.74) is 6.01. The van der Waals surface area contributed by atoms with Crippen molar-refractivity contribution in [2.75, 3.05) is 19.7 Å². The molecule has 0 aliphatic carbocycles. The predicted molar refractivity (Wildman–Crippen MR) is 59.7 cm³/mol. The fourth-order valence-electron chi connectivity index (χ4n) is 1.73. The third-order valence-corrected chi connectivity index (χ3v) is 3.65. The van der Waals surface area contributed by atoms with E-state index in [1.807, 2.05) is 0 Å². The molecule has 1 heterocycles. The van der Waals surface area contributed by atoms with Crippen molar-refractivity contribution in [2.24, 2.45) is 5.73 Å². The Bertz CT molecular complexity index is 540. The maximum atomic E-state index is 11.8. The molecule has 0 saturated heterocycles. The summed E-state index contributed by atoms with van der Waals surface area (Å²) in [5, 5.41) is 9.04. The molecule has 0 amide bonds. The standard InChI is InChI=1S/C10H13NO5S/c1-17(13,14)10-6(7(11)4-12)2-3-8-9(10)16-5-15-8/h2-3,7,12H,4-5,11H2,1H3. The third-order valence-electron chi connectivity index (χ3n) is 2.49. The highest BCUT2D eigenvalue weighted by Crippen LogP contribution is 2.41. The van der Waals surface area contributed by atoms with E-state index in [4.69, 9.17) is 20.3 Å². The van der Waals surface area contributed by atoms with E-state index in [0.29, 0.717) is 11.3 Å². The number of fused-ring (bicyclic) bond motifs is 1. The van der Waals surface area contributed by atoms with Gasteiger partial charge in [0.25, 0.3) is 0 Å². The third kappa shape index (κ3) is 2.08. The van der Waals surface area contributed by atoms with Crippen molar-refractivity contribution < 1.29 is 23.0 Å². The molecule has 3 N–H and O–H groups in total. The van der Waals surface area contributed by atoms with Gasteiger partial charge in [0.1, 0.15) is 4.90 Å². The monoisotopic (exact) mass is 259 g/mol. The molecule has 6 nitrogen and oxygen atoms in total. The average molecular weight is 259 g/mol. The number of hydrogen-bond acceptors (Lipinski definition) is 6. The first-order chi connectivity index (χ1) is 7.95. The summed E-state index contributed by atoms with van der Waals surface area (Å²) < 4.78 is 33.8. The molecule has 1 unspecified atom stereocenters. The van der Waals surface area contributed by atoms with Crippen LogP contribution in [0.1, 0.15) is 11.6 Å². The zero-order valence-corrected chi connectivity index (χ0v) is 10.0. The molecule has 0 radical (unpaired) electrons. The van der Waals surface area contributed by atoms with Gasteiger partial charge in [-0.25, -0.2) is 8.42 Å². The first-order valence-corrected chi connectivity index (χ1v) is 6.83. The van der Waals surface area contributed by atoms with Crippen LogP contribution in [0.25, 0.3) is 0 Å². The molecule has 1 aromatic rings. The lowest BCUT2D eigenvalue weighted by Crippen LogP contribution is -2.18. The molecule has 0 fully saturated rings. The maximum Gasteiger partial charge on any atom is 0.231 e. The van der Waals surface area contributed by atoms with Crippen molar-refractivity contribution in [2.45, 2.75) is 10.9 Å². The fraction of sp³-hybridized carbons (Fsp3) is 0.400. The number of hydrogen-bond donors (Lipinski definition) is 2. The van der Waals surface area contributed by atoms with Gasteiger partial charge in [-0.05, 0) is 11.6 Å². The van der Waals surface area contributed by atoms with Crippen LogP contribution in [-0.4, -0.2) is 33.2 Å². The first-order valence-electron chi connectivity index (χ1n) is 4.94. The number of aliphatic hydroxyl groups excluding tert-OH is 1.